The zero-order valence-electron chi connectivity index (χ0n) is 32.2. The largest absolute Gasteiger partial charge is 0.460 e. The Morgan fingerprint density at radius 1 is 0.216 bits per heavy atom. The number of benzene rings is 4. The number of aliphatic hydroxyl groups is 1. The van der Waals surface area contributed by atoms with Crippen molar-refractivity contribution in [1.29, 1.82) is 0 Å². The van der Waals surface area contributed by atoms with E-state index in [0.29, 0.717) is 0 Å². The first-order valence-corrected chi connectivity index (χ1v) is 16.8. The van der Waals surface area contributed by atoms with Crippen LogP contribution >= 0.6 is 0 Å². The zero-order valence-corrected chi connectivity index (χ0v) is 32.2. The SMILES string of the molecule is OC(c1c(F)c(F)c(Oc2c(F)c(F)c(C(F)(F)F)c(F)c2F)c(F)c1F)(c1c(F)c(F)c(Oc2c(F)c(F)c(C(F)(F)F)c(F)c2F)c(F)c1F)C(F)(F)C(F)(F)C(F)(F)C(F)(F)C(F)(F)C(F)(F)C(F)(F)F. The van der Waals surface area contributed by atoms with Crippen molar-refractivity contribution in [3.8, 4) is 23.0 Å². The lowest BCUT2D eigenvalue weighted by Crippen LogP contribution is -2.75. The van der Waals surface area contributed by atoms with Crippen molar-refractivity contribution in [3.63, 3.8) is 0 Å². The second kappa shape index (κ2) is 17.7. The van der Waals surface area contributed by atoms with Crippen molar-refractivity contribution < 1.29 is 177 Å². The van der Waals surface area contributed by atoms with E-state index in [1.807, 2.05) is 0 Å². The van der Waals surface area contributed by atoms with Gasteiger partial charge in [-0.15, -0.1) is 0 Å². The summed E-state index contributed by atoms with van der Waals surface area (Å²) >= 11 is 0. The fourth-order valence-electron chi connectivity index (χ4n) is 5.77. The van der Waals surface area contributed by atoms with E-state index in [-0.39, 0.29) is 0 Å². The van der Waals surface area contributed by atoms with Crippen molar-refractivity contribution in [2.75, 3.05) is 0 Å². The van der Waals surface area contributed by atoms with E-state index in [9.17, 15) is 115 Å². The van der Waals surface area contributed by atoms with Gasteiger partial charge >= 0.3 is 54.1 Å². The Balaban J connectivity index is 2.27. The van der Waals surface area contributed by atoms with E-state index in [1.165, 1.54) is 0 Å². The molecule has 0 bridgehead atoms. The van der Waals surface area contributed by atoms with Gasteiger partial charge in [0.2, 0.25) is 69.5 Å². The summed E-state index contributed by atoms with van der Waals surface area (Å²) in [4.78, 5) is 0. The average molecular weight is 1160 g/mol. The first-order valence-electron chi connectivity index (χ1n) is 16.8. The molecule has 0 aliphatic rings. The van der Waals surface area contributed by atoms with Gasteiger partial charge in [0, 0.05) is 0 Å². The molecule has 0 spiro atoms. The maximum atomic E-state index is 16.1. The number of halogens is 37. The first-order chi connectivity index (χ1) is 32.8. The van der Waals surface area contributed by atoms with E-state index in [2.05, 4.69) is 9.47 Å². The normalized spacial score (nSPS) is 14.1. The highest BCUT2D eigenvalue weighted by molar-refractivity contribution is 5.51. The van der Waals surface area contributed by atoms with Gasteiger partial charge in [-0.3, -0.25) is 0 Å². The van der Waals surface area contributed by atoms with Gasteiger partial charge in [0.25, 0.3) is 0 Å². The van der Waals surface area contributed by atoms with Crippen LogP contribution in [0.4, 0.5) is 162 Å². The summed E-state index contributed by atoms with van der Waals surface area (Å²) in [6, 6.07) is 0. The van der Waals surface area contributed by atoms with Crippen LogP contribution in [0.1, 0.15) is 22.3 Å². The molecular formula is C34HF37O3. The molecule has 4 aromatic rings. The average Bonchev–Trinajstić information content (AvgIpc) is 3.24. The maximum Gasteiger partial charge on any atom is 0.460 e. The van der Waals surface area contributed by atoms with Crippen molar-refractivity contribution in [2.45, 2.75) is 59.7 Å². The molecule has 0 aromatic heterocycles. The molecule has 4 rings (SSSR count). The molecule has 0 saturated carbocycles. The molecule has 3 nitrogen and oxygen atoms in total. The summed E-state index contributed by atoms with van der Waals surface area (Å²) < 4.78 is 537. The summed E-state index contributed by atoms with van der Waals surface area (Å²) in [5, 5.41) is 10.8. The smallest absolute Gasteiger partial charge is 0.444 e. The summed E-state index contributed by atoms with van der Waals surface area (Å²) in [6.45, 7) is 0. The van der Waals surface area contributed by atoms with Gasteiger partial charge in [-0.25, -0.2) is 35.1 Å². The molecule has 0 fully saturated rings. The summed E-state index contributed by atoms with van der Waals surface area (Å²) in [5.74, 6) is -139. The van der Waals surface area contributed by atoms with Gasteiger partial charge in [0.1, 0.15) is 11.1 Å². The number of alkyl halides is 21. The van der Waals surface area contributed by atoms with E-state index in [0.717, 1.165) is 0 Å². The second-order valence-corrected chi connectivity index (χ2v) is 13.7. The van der Waals surface area contributed by atoms with Crippen LogP contribution in [-0.2, 0) is 18.0 Å². The summed E-state index contributed by atoms with van der Waals surface area (Å²) in [7, 11) is 0. The monoisotopic (exact) mass is 1160 g/mol. The predicted molar refractivity (Wildman–Crippen MR) is 154 cm³/mol. The number of rotatable bonds is 12. The molecule has 1 N–H and O–H groups in total. The van der Waals surface area contributed by atoms with E-state index >= 15 is 52.7 Å². The Morgan fingerprint density at radius 3 is 0.554 bits per heavy atom. The lowest BCUT2D eigenvalue weighted by molar-refractivity contribution is -0.459. The zero-order chi connectivity index (χ0) is 58.3. The van der Waals surface area contributed by atoms with Crippen LogP contribution in [0.3, 0.4) is 0 Å². The molecule has 0 atom stereocenters. The summed E-state index contributed by atoms with van der Waals surface area (Å²) in [5.41, 5.74) is -25.8. The lowest BCUT2D eigenvalue weighted by atomic mass is 9.74. The summed E-state index contributed by atoms with van der Waals surface area (Å²) in [6.07, 6.45) is -21.6. The maximum absolute atomic E-state index is 16.1. The fourth-order valence-corrected chi connectivity index (χ4v) is 5.77. The van der Waals surface area contributed by atoms with Gasteiger partial charge < -0.3 is 14.6 Å². The Labute approximate surface area is 375 Å². The fraction of sp³-hybridized carbons (Fsp3) is 0.294. The highest BCUT2D eigenvalue weighted by Gasteiger charge is 2.95. The molecule has 414 valence electrons. The van der Waals surface area contributed by atoms with Crippen molar-refractivity contribution >= 4 is 0 Å². The second-order valence-electron chi connectivity index (χ2n) is 13.7. The van der Waals surface area contributed by atoms with Gasteiger partial charge in [0.05, 0.1) is 11.1 Å². The molecule has 0 aliphatic carbocycles. The minimum Gasteiger partial charge on any atom is -0.444 e. The Bertz CT molecular complexity index is 2680. The van der Waals surface area contributed by atoms with Gasteiger partial charge in [-0.05, 0) is 0 Å². The third-order valence-corrected chi connectivity index (χ3v) is 9.37. The van der Waals surface area contributed by atoms with E-state index in [4.69, 9.17) is 0 Å². The highest BCUT2D eigenvalue weighted by atomic mass is 19.4. The van der Waals surface area contributed by atoms with Crippen LogP contribution in [-0.4, -0.2) is 46.8 Å². The quantitative estimate of drug-likeness (QED) is 0.113. The lowest BCUT2D eigenvalue weighted by Gasteiger charge is -2.46. The van der Waals surface area contributed by atoms with Gasteiger partial charge in [-0.2, -0.15) is 127 Å². The van der Waals surface area contributed by atoms with Gasteiger partial charge in [0.15, 0.2) is 52.1 Å². The number of ether oxygens (including phenoxy) is 2. The third-order valence-electron chi connectivity index (χ3n) is 9.37. The van der Waals surface area contributed by atoms with Crippen molar-refractivity contribution in [3.05, 3.63) is 115 Å². The molecule has 0 amide bonds. The minimum absolute atomic E-state index is 3.26. The molecule has 0 aliphatic heterocycles. The van der Waals surface area contributed by atoms with Crippen LogP contribution < -0.4 is 9.47 Å². The number of hydrogen-bond acceptors (Lipinski definition) is 3. The topological polar surface area (TPSA) is 38.7 Å². The van der Waals surface area contributed by atoms with E-state index < -0.39 is 198 Å². The standard InChI is InChI=1S/C34HF37O3/c35-5-1(6(36)14(44)21(13(5)43)73-23-17(47)9(39)3(26(51,52)53)10(40)18(23)48)25(72,28(57,58)29(59,60)30(61,62)31(63,64)32(65,66)33(67,68)34(69,70)71)2-7(37)15(45)22(16(46)8(2)38)74-24-19(49)11(41)4(27(54,55)56)12(42)20(24)50/h72H. The van der Waals surface area contributed by atoms with Crippen LogP contribution in [0.25, 0.3) is 0 Å². The molecule has 0 radical (unpaired) electrons. The van der Waals surface area contributed by atoms with Crippen LogP contribution in [0.2, 0.25) is 0 Å². The molecule has 0 saturated heterocycles. The molecule has 0 unspecified atom stereocenters. The van der Waals surface area contributed by atoms with Gasteiger partial charge in [-0.1, -0.05) is 0 Å². The van der Waals surface area contributed by atoms with Crippen LogP contribution in [0.5, 0.6) is 23.0 Å². The van der Waals surface area contributed by atoms with Crippen LogP contribution in [0, 0.1) is 93.1 Å². The van der Waals surface area contributed by atoms with Crippen molar-refractivity contribution in [1.82, 2.24) is 0 Å². The first kappa shape index (κ1) is 60.4. The molecular weight excluding hydrogens is 1160 g/mol. The van der Waals surface area contributed by atoms with E-state index in [1.54, 1.807) is 0 Å². The number of hydrogen-bond donors (Lipinski definition) is 1. The highest BCUT2D eigenvalue weighted by Crippen LogP contribution is 2.66. The Hall–Kier alpha value is -6.15. The molecule has 74 heavy (non-hydrogen) atoms. The van der Waals surface area contributed by atoms with Crippen molar-refractivity contribution in [2.24, 2.45) is 0 Å². The van der Waals surface area contributed by atoms with Crippen LogP contribution in [0.15, 0.2) is 0 Å². The minimum atomic E-state index is -9.83. The molecule has 40 heteroatoms. The Kier molecular flexibility index (Phi) is 14.5. The molecule has 4 aromatic carbocycles. The Morgan fingerprint density at radius 2 is 0.378 bits per heavy atom. The molecule has 0 heterocycles. The predicted octanol–water partition coefficient (Wildman–Crippen LogP) is 15.1. The third kappa shape index (κ3) is 8.10.